The van der Waals surface area contributed by atoms with Gasteiger partial charge < -0.3 is 9.47 Å². The summed E-state index contributed by atoms with van der Waals surface area (Å²) in [7, 11) is 0. The highest BCUT2D eigenvalue weighted by molar-refractivity contribution is 6.17. The van der Waals surface area contributed by atoms with Crippen LogP contribution in [0.15, 0.2) is 17.2 Å². The van der Waals surface area contributed by atoms with E-state index in [0.717, 1.165) is 32.4 Å². The molecule has 0 aromatic carbocycles. The van der Waals surface area contributed by atoms with Gasteiger partial charge in [0.25, 0.3) is 5.56 Å². The first-order valence-electron chi connectivity index (χ1n) is 6.16. The van der Waals surface area contributed by atoms with Crippen LogP contribution in [-0.4, -0.2) is 28.5 Å². The predicted octanol–water partition coefficient (Wildman–Crippen LogP) is 2.03. The largest absolute Gasteiger partial charge is 0.352 e. The van der Waals surface area contributed by atoms with Crippen LogP contribution in [0.4, 0.5) is 5.82 Å². The Kier molecular flexibility index (Phi) is 4.05. The molecule has 1 saturated carbocycles. The van der Waals surface area contributed by atoms with E-state index in [4.69, 9.17) is 11.6 Å². The van der Waals surface area contributed by atoms with Crippen molar-refractivity contribution in [3.63, 3.8) is 0 Å². The highest BCUT2D eigenvalue weighted by Crippen LogP contribution is 2.33. The quantitative estimate of drug-likeness (QED) is 0.730. The molecule has 1 aliphatic rings. The summed E-state index contributed by atoms with van der Waals surface area (Å²) in [5.74, 6) is 1.17. The molecule has 1 aromatic heterocycles. The molecule has 5 heteroatoms. The van der Waals surface area contributed by atoms with Gasteiger partial charge in [0.2, 0.25) is 0 Å². The van der Waals surface area contributed by atoms with E-state index in [-0.39, 0.29) is 5.56 Å². The first kappa shape index (κ1) is 12.4. The Morgan fingerprint density at radius 3 is 2.94 bits per heavy atom. The van der Waals surface area contributed by atoms with Gasteiger partial charge in [-0.25, -0.2) is 4.98 Å². The molecule has 1 aliphatic carbocycles. The summed E-state index contributed by atoms with van der Waals surface area (Å²) in [5, 5.41) is 0. The average Bonchev–Trinajstić information content (AvgIpc) is 3.16. The van der Waals surface area contributed by atoms with E-state index >= 15 is 0 Å². The number of anilines is 1. The number of halogens is 1. The minimum absolute atomic E-state index is 0.0337. The van der Waals surface area contributed by atoms with Gasteiger partial charge in [0.05, 0.1) is 0 Å². The average molecular weight is 256 g/mol. The van der Waals surface area contributed by atoms with Crippen LogP contribution in [0.25, 0.3) is 0 Å². The maximum Gasteiger partial charge on any atom is 0.293 e. The Bertz CT molecular complexity index is 428. The van der Waals surface area contributed by atoms with Crippen molar-refractivity contribution in [1.29, 1.82) is 0 Å². The van der Waals surface area contributed by atoms with Gasteiger partial charge >= 0.3 is 0 Å². The number of aromatic nitrogens is 2. The Morgan fingerprint density at radius 1 is 1.59 bits per heavy atom. The van der Waals surface area contributed by atoms with Gasteiger partial charge in [-0.1, -0.05) is 0 Å². The van der Waals surface area contributed by atoms with Gasteiger partial charge in [-0.3, -0.25) is 4.79 Å². The lowest BCUT2D eigenvalue weighted by atomic mass is 10.4. The fourth-order valence-electron chi connectivity index (χ4n) is 1.94. The minimum atomic E-state index is 0.0337. The number of rotatable bonds is 6. The molecule has 0 radical (unpaired) electrons. The van der Waals surface area contributed by atoms with Gasteiger partial charge in [-0.05, 0) is 26.2 Å². The molecule has 17 heavy (non-hydrogen) atoms. The van der Waals surface area contributed by atoms with Crippen molar-refractivity contribution >= 4 is 17.4 Å². The lowest BCUT2D eigenvalue weighted by Gasteiger charge is -2.21. The monoisotopic (exact) mass is 255 g/mol. The van der Waals surface area contributed by atoms with E-state index < -0.39 is 0 Å². The molecule has 1 aromatic rings. The van der Waals surface area contributed by atoms with Crippen LogP contribution in [0.5, 0.6) is 0 Å². The second-order valence-electron chi connectivity index (χ2n) is 4.32. The van der Waals surface area contributed by atoms with Gasteiger partial charge in [-0.2, -0.15) is 0 Å². The lowest BCUT2D eigenvalue weighted by molar-refractivity contribution is 0.681. The fourth-order valence-corrected chi connectivity index (χ4v) is 2.06. The highest BCUT2D eigenvalue weighted by Gasteiger charge is 2.26. The third kappa shape index (κ3) is 2.80. The molecule has 0 unspecified atom stereocenters. The van der Waals surface area contributed by atoms with E-state index in [1.807, 2.05) is 16.4 Å². The SMILES string of the molecule is CCN(CCCCl)c1nccn(C2CC2)c1=O. The maximum absolute atomic E-state index is 12.2. The third-order valence-electron chi connectivity index (χ3n) is 3.03. The smallest absolute Gasteiger partial charge is 0.293 e. The van der Waals surface area contributed by atoms with E-state index in [0.29, 0.717) is 17.7 Å². The topological polar surface area (TPSA) is 38.1 Å². The van der Waals surface area contributed by atoms with Crippen molar-refractivity contribution in [2.45, 2.75) is 32.2 Å². The summed E-state index contributed by atoms with van der Waals surface area (Å²) in [6.45, 7) is 3.61. The van der Waals surface area contributed by atoms with Gasteiger partial charge in [0.15, 0.2) is 5.82 Å². The Hall–Kier alpha value is -1.03. The van der Waals surface area contributed by atoms with E-state index in [2.05, 4.69) is 4.98 Å². The van der Waals surface area contributed by atoms with Crippen LogP contribution < -0.4 is 10.5 Å². The molecular weight excluding hydrogens is 238 g/mol. The minimum Gasteiger partial charge on any atom is -0.352 e. The molecule has 0 N–H and O–H groups in total. The van der Waals surface area contributed by atoms with Crippen LogP contribution in [-0.2, 0) is 0 Å². The predicted molar refractivity (Wildman–Crippen MR) is 70.0 cm³/mol. The van der Waals surface area contributed by atoms with Crippen LogP contribution in [0, 0.1) is 0 Å². The second-order valence-corrected chi connectivity index (χ2v) is 4.69. The maximum atomic E-state index is 12.2. The van der Waals surface area contributed by atoms with E-state index in [1.165, 1.54) is 0 Å². The number of alkyl halides is 1. The number of hydrogen-bond donors (Lipinski definition) is 0. The summed E-state index contributed by atoms with van der Waals surface area (Å²) in [5.41, 5.74) is 0.0337. The van der Waals surface area contributed by atoms with Crippen molar-refractivity contribution in [3.05, 3.63) is 22.7 Å². The molecule has 0 atom stereocenters. The molecule has 0 bridgehead atoms. The summed E-state index contributed by atoms with van der Waals surface area (Å²) in [6, 6.07) is 0.399. The highest BCUT2D eigenvalue weighted by atomic mass is 35.5. The first-order valence-corrected chi connectivity index (χ1v) is 6.69. The molecule has 0 saturated heterocycles. The fraction of sp³-hybridized carbons (Fsp3) is 0.667. The van der Waals surface area contributed by atoms with E-state index in [1.54, 1.807) is 12.4 Å². The van der Waals surface area contributed by atoms with Crippen molar-refractivity contribution in [3.8, 4) is 0 Å². The lowest BCUT2D eigenvalue weighted by Crippen LogP contribution is -2.33. The molecule has 4 nitrogen and oxygen atoms in total. The van der Waals surface area contributed by atoms with Crippen molar-refractivity contribution in [2.75, 3.05) is 23.9 Å². The Morgan fingerprint density at radius 2 is 2.35 bits per heavy atom. The molecule has 94 valence electrons. The van der Waals surface area contributed by atoms with Crippen LogP contribution in [0.2, 0.25) is 0 Å². The Labute approximate surface area is 106 Å². The van der Waals surface area contributed by atoms with Gasteiger partial charge in [0.1, 0.15) is 0 Å². The molecule has 1 fully saturated rings. The molecule has 0 amide bonds. The van der Waals surface area contributed by atoms with Gasteiger partial charge in [0, 0.05) is 37.4 Å². The van der Waals surface area contributed by atoms with Crippen molar-refractivity contribution in [2.24, 2.45) is 0 Å². The van der Waals surface area contributed by atoms with Crippen LogP contribution >= 0.6 is 11.6 Å². The zero-order valence-electron chi connectivity index (χ0n) is 10.1. The summed E-state index contributed by atoms with van der Waals surface area (Å²) >= 11 is 5.69. The zero-order chi connectivity index (χ0) is 12.3. The first-order chi connectivity index (χ1) is 8.27. The molecular formula is C12H18ClN3O. The number of hydrogen-bond acceptors (Lipinski definition) is 3. The number of nitrogens with zero attached hydrogens (tertiary/aromatic N) is 3. The van der Waals surface area contributed by atoms with Gasteiger partial charge in [-0.15, -0.1) is 11.6 Å². The standard InChI is InChI=1S/C12H18ClN3O/c1-2-15(8-3-6-13)11-12(17)16(9-7-14-11)10-4-5-10/h7,9-10H,2-6,8H2,1H3. The van der Waals surface area contributed by atoms with Crippen LogP contribution in [0.1, 0.15) is 32.2 Å². The Balaban J connectivity index is 2.23. The summed E-state index contributed by atoms with van der Waals surface area (Å²) in [4.78, 5) is 18.5. The second kappa shape index (κ2) is 5.54. The molecule has 1 heterocycles. The molecule has 0 spiro atoms. The summed E-state index contributed by atoms with van der Waals surface area (Å²) < 4.78 is 1.81. The molecule has 0 aliphatic heterocycles. The normalized spacial score (nSPS) is 14.9. The van der Waals surface area contributed by atoms with Crippen molar-refractivity contribution < 1.29 is 0 Å². The van der Waals surface area contributed by atoms with Crippen LogP contribution in [0.3, 0.4) is 0 Å². The van der Waals surface area contributed by atoms with E-state index in [9.17, 15) is 4.79 Å². The summed E-state index contributed by atoms with van der Waals surface area (Å²) in [6.07, 6.45) is 6.60. The molecule has 2 rings (SSSR count). The van der Waals surface area contributed by atoms with Crippen molar-refractivity contribution in [1.82, 2.24) is 9.55 Å². The third-order valence-corrected chi connectivity index (χ3v) is 3.30. The zero-order valence-corrected chi connectivity index (χ0v) is 10.9.